The van der Waals surface area contributed by atoms with Crippen LogP contribution in [0.2, 0.25) is 0 Å². The van der Waals surface area contributed by atoms with Crippen molar-refractivity contribution in [2.24, 2.45) is 10.2 Å². The number of para-hydroxylation sites is 1. The van der Waals surface area contributed by atoms with E-state index >= 15 is 0 Å². The maximum absolute atomic E-state index is 11.4. The zero-order chi connectivity index (χ0) is 18.5. The first kappa shape index (κ1) is 17.4. The number of rotatable bonds is 4. The number of hydrogen-bond acceptors (Lipinski definition) is 4. The topological polar surface area (TPSA) is 74.0 Å². The van der Waals surface area contributed by atoms with Gasteiger partial charge in [-0.3, -0.25) is 4.79 Å². The Labute approximate surface area is 152 Å². The number of aryl methyl sites for hydroxylation is 1. The van der Waals surface area contributed by atoms with Crippen molar-refractivity contribution >= 4 is 23.0 Å². The number of nitrogens with zero attached hydrogens (tertiary/aromatic N) is 2. The highest BCUT2D eigenvalue weighted by atomic mass is 16.3. The third kappa shape index (κ3) is 4.13. The van der Waals surface area contributed by atoms with Crippen LogP contribution in [0, 0.1) is 6.92 Å². The van der Waals surface area contributed by atoms with Crippen LogP contribution in [0.15, 0.2) is 77.0 Å². The molecule has 0 bridgehead atoms. The molecule has 0 aliphatic heterocycles. The van der Waals surface area contributed by atoms with E-state index in [2.05, 4.69) is 15.5 Å². The van der Waals surface area contributed by atoms with Crippen LogP contribution >= 0.6 is 0 Å². The minimum atomic E-state index is -0.110. The van der Waals surface area contributed by atoms with E-state index < -0.39 is 0 Å². The maximum atomic E-state index is 11.4. The van der Waals surface area contributed by atoms with Crippen LogP contribution in [0.5, 0.6) is 5.75 Å². The molecule has 130 valence electrons. The SMILES string of the molecule is CC(=O)Nc1ccccc1-c1ccc(N=Nc2cc(C)ccc2O)cc1. The molecule has 0 saturated heterocycles. The zero-order valence-corrected chi connectivity index (χ0v) is 14.6. The number of hydrogen-bond donors (Lipinski definition) is 2. The predicted molar refractivity (Wildman–Crippen MR) is 103 cm³/mol. The highest BCUT2D eigenvalue weighted by molar-refractivity contribution is 5.94. The van der Waals surface area contributed by atoms with Crippen molar-refractivity contribution in [3.63, 3.8) is 0 Å². The van der Waals surface area contributed by atoms with Crippen LogP contribution in [-0.4, -0.2) is 11.0 Å². The standard InChI is InChI=1S/C21H19N3O2/c1-14-7-12-21(26)20(13-14)24-23-17-10-8-16(9-11-17)18-5-3-4-6-19(18)22-15(2)25/h3-13,26H,1-2H3,(H,22,25). The number of amides is 1. The summed E-state index contributed by atoms with van der Waals surface area (Å²) in [6, 6.07) is 20.3. The van der Waals surface area contributed by atoms with Crippen molar-refractivity contribution < 1.29 is 9.90 Å². The number of aromatic hydroxyl groups is 1. The van der Waals surface area contributed by atoms with E-state index in [-0.39, 0.29) is 11.7 Å². The van der Waals surface area contributed by atoms with E-state index in [1.54, 1.807) is 12.1 Å². The Balaban J connectivity index is 1.84. The summed E-state index contributed by atoms with van der Waals surface area (Å²) in [7, 11) is 0. The maximum Gasteiger partial charge on any atom is 0.221 e. The first-order valence-electron chi connectivity index (χ1n) is 8.21. The highest BCUT2D eigenvalue weighted by Crippen LogP contribution is 2.31. The Morgan fingerprint density at radius 3 is 2.42 bits per heavy atom. The van der Waals surface area contributed by atoms with Crippen molar-refractivity contribution in [2.75, 3.05) is 5.32 Å². The van der Waals surface area contributed by atoms with E-state index in [0.29, 0.717) is 11.4 Å². The number of phenolic OH excluding ortho intramolecular Hbond substituents is 1. The lowest BCUT2D eigenvalue weighted by Crippen LogP contribution is -2.06. The van der Waals surface area contributed by atoms with Crippen LogP contribution in [0.4, 0.5) is 17.1 Å². The quantitative estimate of drug-likeness (QED) is 0.592. The van der Waals surface area contributed by atoms with E-state index in [1.165, 1.54) is 6.92 Å². The molecule has 2 N–H and O–H groups in total. The molecule has 0 saturated carbocycles. The fraction of sp³-hybridized carbons (Fsp3) is 0.0952. The molecule has 5 nitrogen and oxygen atoms in total. The predicted octanol–water partition coefficient (Wildman–Crippen LogP) is 5.74. The molecular weight excluding hydrogens is 326 g/mol. The molecule has 5 heteroatoms. The van der Waals surface area contributed by atoms with Crippen molar-refractivity contribution in [1.82, 2.24) is 0 Å². The summed E-state index contributed by atoms with van der Waals surface area (Å²) in [5, 5.41) is 20.9. The molecule has 0 radical (unpaired) electrons. The van der Waals surface area contributed by atoms with Gasteiger partial charge in [0.1, 0.15) is 11.4 Å². The van der Waals surface area contributed by atoms with E-state index in [4.69, 9.17) is 0 Å². The van der Waals surface area contributed by atoms with Crippen molar-refractivity contribution in [3.05, 3.63) is 72.3 Å². The third-order valence-electron chi connectivity index (χ3n) is 3.82. The summed E-state index contributed by atoms with van der Waals surface area (Å²) < 4.78 is 0. The Kier molecular flexibility index (Phi) is 5.08. The smallest absolute Gasteiger partial charge is 0.221 e. The van der Waals surface area contributed by atoms with Crippen molar-refractivity contribution in [3.8, 4) is 16.9 Å². The minimum Gasteiger partial charge on any atom is -0.506 e. The lowest BCUT2D eigenvalue weighted by molar-refractivity contribution is -0.114. The van der Waals surface area contributed by atoms with Crippen LogP contribution < -0.4 is 5.32 Å². The Morgan fingerprint density at radius 2 is 1.69 bits per heavy atom. The number of nitrogens with one attached hydrogen (secondary N) is 1. The lowest BCUT2D eigenvalue weighted by atomic mass is 10.0. The van der Waals surface area contributed by atoms with E-state index in [9.17, 15) is 9.90 Å². The summed E-state index contributed by atoms with van der Waals surface area (Å²) in [5.41, 5.74) is 4.77. The zero-order valence-electron chi connectivity index (χ0n) is 14.6. The Hall–Kier alpha value is -3.47. The summed E-state index contributed by atoms with van der Waals surface area (Å²) in [6.07, 6.45) is 0. The van der Waals surface area contributed by atoms with Gasteiger partial charge in [-0.05, 0) is 48.4 Å². The first-order chi connectivity index (χ1) is 12.5. The van der Waals surface area contributed by atoms with Gasteiger partial charge in [0.05, 0.1) is 5.69 Å². The number of carbonyl (C=O) groups excluding carboxylic acids is 1. The number of benzene rings is 3. The average Bonchev–Trinajstić information content (AvgIpc) is 2.63. The largest absolute Gasteiger partial charge is 0.506 e. The van der Waals surface area contributed by atoms with Gasteiger partial charge < -0.3 is 10.4 Å². The fourth-order valence-electron chi connectivity index (χ4n) is 2.57. The summed E-state index contributed by atoms with van der Waals surface area (Å²) in [6.45, 7) is 3.42. The summed E-state index contributed by atoms with van der Waals surface area (Å²) in [5.74, 6) is -0.0129. The van der Waals surface area contributed by atoms with Crippen LogP contribution in [-0.2, 0) is 4.79 Å². The minimum absolute atomic E-state index is 0.0974. The second-order valence-electron chi connectivity index (χ2n) is 5.97. The first-order valence-corrected chi connectivity index (χ1v) is 8.21. The van der Waals surface area contributed by atoms with E-state index in [1.807, 2.05) is 61.5 Å². The number of carbonyl (C=O) groups is 1. The second-order valence-corrected chi connectivity index (χ2v) is 5.97. The van der Waals surface area contributed by atoms with Gasteiger partial charge in [0.15, 0.2) is 0 Å². The van der Waals surface area contributed by atoms with Gasteiger partial charge in [-0.15, -0.1) is 5.11 Å². The van der Waals surface area contributed by atoms with Gasteiger partial charge in [-0.2, -0.15) is 5.11 Å². The monoisotopic (exact) mass is 345 g/mol. The van der Waals surface area contributed by atoms with Gasteiger partial charge in [-0.25, -0.2) is 0 Å². The summed E-state index contributed by atoms with van der Waals surface area (Å²) >= 11 is 0. The van der Waals surface area contributed by atoms with Gasteiger partial charge in [0.25, 0.3) is 0 Å². The molecule has 0 spiro atoms. The molecular formula is C21H19N3O2. The number of azo groups is 1. The number of anilines is 1. The Bertz CT molecular complexity index is 963. The fourth-order valence-corrected chi connectivity index (χ4v) is 2.57. The third-order valence-corrected chi connectivity index (χ3v) is 3.82. The molecule has 3 aromatic carbocycles. The molecule has 0 aliphatic carbocycles. The van der Waals surface area contributed by atoms with Gasteiger partial charge in [0.2, 0.25) is 5.91 Å². The van der Waals surface area contributed by atoms with Gasteiger partial charge in [-0.1, -0.05) is 36.4 Å². The molecule has 0 fully saturated rings. The Morgan fingerprint density at radius 1 is 0.962 bits per heavy atom. The molecule has 26 heavy (non-hydrogen) atoms. The van der Waals surface area contributed by atoms with Gasteiger partial charge >= 0.3 is 0 Å². The molecule has 1 amide bonds. The average molecular weight is 345 g/mol. The van der Waals surface area contributed by atoms with Crippen LogP contribution in [0.3, 0.4) is 0 Å². The van der Waals surface area contributed by atoms with Crippen molar-refractivity contribution in [1.29, 1.82) is 0 Å². The van der Waals surface area contributed by atoms with E-state index in [0.717, 1.165) is 22.4 Å². The second kappa shape index (κ2) is 7.61. The molecule has 3 aromatic rings. The molecule has 0 unspecified atom stereocenters. The summed E-state index contributed by atoms with van der Waals surface area (Å²) in [4.78, 5) is 11.4. The molecule has 0 aliphatic rings. The highest BCUT2D eigenvalue weighted by Gasteiger charge is 2.06. The van der Waals surface area contributed by atoms with Gasteiger partial charge in [0, 0.05) is 18.2 Å². The van der Waals surface area contributed by atoms with Crippen molar-refractivity contribution in [2.45, 2.75) is 13.8 Å². The van der Waals surface area contributed by atoms with Crippen LogP contribution in [0.1, 0.15) is 12.5 Å². The normalized spacial score (nSPS) is 10.8. The number of phenols is 1. The molecule has 0 aromatic heterocycles. The molecule has 3 rings (SSSR count). The molecule has 0 atom stereocenters. The molecule has 0 heterocycles. The lowest BCUT2D eigenvalue weighted by Gasteiger charge is -2.10. The van der Waals surface area contributed by atoms with Crippen LogP contribution in [0.25, 0.3) is 11.1 Å².